The zero-order chi connectivity index (χ0) is 7.68. The number of fused-ring (bicyclic) bond motifs is 1. The van der Waals surface area contributed by atoms with E-state index in [0.29, 0.717) is 0 Å². The molecule has 0 fully saturated rings. The fourth-order valence-electron chi connectivity index (χ4n) is 0.970. The van der Waals surface area contributed by atoms with Crippen LogP contribution in [-0.4, -0.2) is 4.47 Å². The molecule has 2 rings (SSSR count). The first-order valence-corrected chi connectivity index (χ1v) is 3.64. The highest BCUT2D eigenvalue weighted by Crippen LogP contribution is 2.23. The summed E-state index contributed by atoms with van der Waals surface area (Å²) >= 11 is 4.79. The summed E-state index contributed by atoms with van der Waals surface area (Å²) in [5, 5.41) is 0. The van der Waals surface area contributed by atoms with Crippen molar-refractivity contribution in [2.75, 3.05) is 0 Å². The van der Waals surface area contributed by atoms with Gasteiger partial charge < -0.3 is 22.1 Å². The van der Waals surface area contributed by atoms with E-state index < -0.39 is 0 Å². The van der Waals surface area contributed by atoms with Gasteiger partial charge in [-0.1, -0.05) is 18.2 Å². The normalized spacial score (nSPS) is 14.1. The van der Waals surface area contributed by atoms with Crippen molar-refractivity contribution in [3.05, 3.63) is 36.0 Å². The first-order valence-electron chi connectivity index (χ1n) is 3.28. The smallest absolute Gasteiger partial charge is 0.159 e. The number of para-hydroxylation sites is 1. The van der Waals surface area contributed by atoms with Crippen molar-refractivity contribution in [1.29, 1.82) is 0 Å². The lowest BCUT2D eigenvalue weighted by atomic mass is 10.2. The van der Waals surface area contributed by atoms with Crippen LogP contribution in [0.5, 0.6) is 5.75 Å². The Hall–Kier alpha value is -1.09. The summed E-state index contributed by atoms with van der Waals surface area (Å²) in [5.41, 5.74) is 1.06. The molecule has 0 aliphatic carbocycles. The Bertz CT molecular complexity index is 298. The Balaban J connectivity index is 2.46. The van der Waals surface area contributed by atoms with Gasteiger partial charge in [0.1, 0.15) is 0 Å². The average molecular weight is 164 g/mol. The maximum atomic E-state index is 5.19. The van der Waals surface area contributed by atoms with E-state index in [4.69, 9.17) is 17.7 Å². The van der Waals surface area contributed by atoms with E-state index in [0.717, 1.165) is 11.3 Å². The van der Waals surface area contributed by atoms with Crippen molar-refractivity contribution in [3.8, 4) is 5.75 Å². The summed E-state index contributed by atoms with van der Waals surface area (Å²) in [6.07, 6.45) is 3.63. The van der Waals surface area contributed by atoms with Crippen LogP contribution in [0.1, 0.15) is 5.56 Å². The molecule has 0 unspecified atom stereocenters. The molecule has 1 heterocycles. The summed E-state index contributed by atoms with van der Waals surface area (Å²) in [5.74, 6) is 0.810. The predicted octanol–water partition coefficient (Wildman–Crippen LogP) is 1.73. The summed E-state index contributed by atoms with van der Waals surface area (Å²) in [6.45, 7) is 0. The Morgan fingerprint density at radius 1 is 1.27 bits per heavy atom. The molecule has 0 saturated carbocycles. The Kier molecular flexibility index (Phi) is 1.51. The van der Waals surface area contributed by atoms with Crippen molar-refractivity contribution in [2.24, 2.45) is 0 Å². The van der Waals surface area contributed by atoms with Gasteiger partial charge in [0.25, 0.3) is 0 Å². The number of rotatable bonds is 0. The van der Waals surface area contributed by atoms with Crippen molar-refractivity contribution in [2.45, 2.75) is 0 Å². The van der Waals surface area contributed by atoms with Gasteiger partial charge >= 0.3 is 0 Å². The van der Waals surface area contributed by atoms with Crippen molar-refractivity contribution >= 4 is 18.9 Å². The molecule has 0 bridgehead atoms. The third kappa shape index (κ3) is 1.19. The lowest BCUT2D eigenvalue weighted by Crippen LogP contribution is -2.16. The van der Waals surface area contributed by atoms with E-state index >= 15 is 0 Å². The molecule has 2 nitrogen and oxygen atoms in total. The Morgan fingerprint density at radius 2 is 2.09 bits per heavy atom. The van der Waals surface area contributed by atoms with Gasteiger partial charge in [-0.05, 0) is 12.1 Å². The van der Waals surface area contributed by atoms with Gasteiger partial charge in [0.05, 0.1) is 0 Å². The molecule has 1 aromatic rings. The lowest BCUT2D eigenvalue weighted by Gasteiger charge is -2.30. The van der Waals surface area contributed by atoms with Gasteiger partial charge in [-0.25, -0.2) is 0 Å². The molecular weight excluding hydrogens is 158 g/mol. The number of nitrogens with zero attached hydrogens (tertiary/aromatic N) is 1. The molecule has 0 radical (unpaired) electrons. The van der Waals surface area contributed by atoms with Crippen LogP contribution in [0.2, 0.25) is 0 Å². The highest BCUT2D eigenvalue weighted by Gasteiger charge is 2.02. The van der Waals surface area contributed by atoms with E-state index in [1.54, 1.807) is 6.20 Å². The zero-order valence-electron chi connectivity index (χ0n) is 5.73. The van der Waals surface area contributed by atoms with Crippen LogP contribution in [-0.2, 0) is 12.8 Å². The van der Waals surface area contributed by atoms with E-state index in [1.807, 2.05) is 30.3 Å². The molecular formula is C8H6NOS-. The number of benzene rings is 1. The molecule has 1 aliphatic rings. The summed E-state index contributed by atoms with van der Waals surface area (Å²) in [4.78, 5) is 5.19. The summed E-state index contributed by atoms with van der Waals surface area (Å²) < 4.78 is 1.27. The number of hydroxylamine groups is 1. The first-order chi connectivity index (χ1) is 5.36. The van der Waals surface area contributed by atoms with Crippen LogP contribution in [0, 0.1) is 0 Å². The molecule has 0 atom stereocenters. The van der Waals surface area contributed by atoms with Crippen molar-refractivity contribution in [1.82, 2.24) is 4.47 Å². The fourth-order valence-corrected chi connectivity index (χ4v) is 1.11. The third-order valence-electron chi connectivity index (χ3n) is 1.48. The number of hydrogen-bond donors (Lipinski definition) is 0. The topological polar surface area (TPSA) is 12.5 Å². The fraction of sp³-hybridized carbons (Fsp3) is 0. The molecule has 1 aliphatic heterocycles. The number of hydrogen-bond acceptors (Lipinski definition) is 3. The predicted molar refractivity (Wildman–Crippen MR) is 45.3 cm³/mol. The molecule has 0 spiro atoms. The molecule has 0 saturated heterocycles. The average Bonchev–Trinajstić information content (AvgIpc) is 2.04. The zero-order valence-corrected chi connectivity index (χ0v) is 6.54. The monoisotopic (exact) mass is 164 g/mol. The first kappa shape index (κ1) is 6.61. The van der Waals surface area contributed by atoms with E-state index in [-0.39, 0.29) is 0 Å². The van der Waals surface area contributed by atoms with Gasteiger partial charge in [-0.15, -0.1) is 0 Å². The minimum Gasteiger partial charge on any atom is -0.621 e. The van der Waals surface area contributed by atoms with Crippen LogP contribution in [0.4, 0.5) is 0 Å². The second-order valence-corrected chi connectivity index (χ2v) is 2.59. The molecule has 0 aromatic heterocycles. The van der Waals surface area contributed by atoms with Gasteiger partial charge in [-0.2, -0.15) is 0 Å². The van der Waals surface area contributed by atoms with Crippen LogP contribution < -0.4 is 4.84 Å². The maximum Gasteiger partial charge on any atom is 0.159 e. The second kappa shape index (κ2) is 2.51. The van der Waals surface area contributed by atoms with E-state index in [1.165, 1.54) is 4.47 Å². The quantitative estimate of drug-likeness (QED) is 0.542. The van der Waals surface area contributed by atoms with Gasteiger partial charge in [0.15, 0.2) is 5.75 Å². The largest absolute Gasteiger partial charge is 0.621 e. The molecule has 56 valence electrons. The van der Waals surface area contributed by atoms with Crippen LogP contribution in [0.25, 0.3) is 6.08 Å². The van der Waals surface area contributed by atoms with Crippen LogP contribution in [0.15, 0.2) is 30.5 Å². The SMILES string of the molecule is [S-]N1C=Cc2ccccc2O1. The standard InChI is InChI=1S/C8H6NOS/c11-9-6-5-7-3-1-2-4-8(7)10-9/h1-6H/q-1. The highest BCUT2D eigenvalue weighted by atomic mass is 32.1. The minimum atomic E-state index is 0.810. The van der Waals surface area contributed by atoms with E-state index in [9.17, 15) is 0 Å². The summed E-state index contributed by atoms with van der Waals surface area (Å²) in [7, 11) is 0. The molecule has 0 N–H and O–H groups in total. The minimum absolute atomic E-state index is 0.810. The van der Waals surface area contributed by atoms with Gasteiger partial charge in [0, 0.05) is 11.8 Å². The highest BCUT2D eigenvalue weighted by molar-refractivity contribution is 7.55. The molecule has 0 amide bonds. The van der Waals surface area contributed by atoms with Gasteiger partial charge in [-0.3, -0.25) is 0 Å². The van der Waals surface area contributed by atoms with Gasteiger partial charge in [0.2, 0.25) is 0 Å². The summed E-state index contributed by atoms with van der Waals surface area (Å²) in [6, 6.07) is 7.75. The maximum absolute atomic E-state index is 5.19. The van der Waals surface area contributed by atoms with Crippen LogP contribution >= 0.6 is 0 Å². The molecule has 11 heavy (non-hydrogen) atoms. The van der Waals surface area contributed by atoms with Crippen molar-refractivity contribution < 1.29 is 4.84 Å². The van der Waals surface area contributed by atoms with E-state index in [2.05, 4.69) is 0 Å². The lowest BCUT2D eigenvalue weighted by molar-refractivity contribution is 0.102. The third-order valence-corrected chi connectivity index (χ3v) is 1.68. The second-order valence-electron chi connectivity index (χ2n) is 2.23. The Morgan fingerprint density at radius 3 is 3.00 bits per heavy atom. The van der Waals surface area contributed by atoms with Crippen molar-refractivity contribution in [3.63, 3.8) is 0 Å². The van der Waals surface area contributed by atoms with Crippen LogP contribution in [0.3, 0.4) is 0 Å². The Labute approximate surface area is 70.6 Å². The molecule has 3 heteroatoms. The molecule has 1 aromatic carbocycles.